The molecule has 0 unspecified atom stereocenters. The molecule has 0 spiro atoms. The first-order chi connectivity index (χ1) is 11.8. The Balaban J connectivity index is 2.15. The molecule has 1 saturated carbocycles. The molecule has 1 aromatic rings. The van der Waals surface area contributed by atoms with Crippen LogP contribution in [0, 0.1) is 6.92 Å². The highest BCUT2D eigenvalue weighted by molar-refractivity contribution is 7.92. The fourth-order valence-electron chi connectivity index (χ4n) is 3.50. The summed E-state index contributed by atoms with van der Waals surface area (Å²) in [5.74, 6) is -0.225. The molecule has 0 saturated heterocycles. The highest BCUT2D eigenvalue weighted by Gasteiger charge is 2.30. The molecule has 1 aliphatic rings. The minimum atomic E-state index is -3.56. The molecule has 1 fully saturated rings. The van der Waals surface area contributed by atoms with E-state index in [2.05, 4.69) is 5.32 Å². The molecule has 1 aromatic carbocycles. The molecule has 2 rings (SSSR count). The lowest BCUT2D eigenvalue weighted by Gasteiger charge is -2.30. The minimum Gasteiger partial charge on any atom is -0.352 e. The van der Waals surface area contributed by atoms with E-state index in [-0.39, 0.29) is 11.9 Å². The van der Waals surface area contributed by atoms with Crippen molar-refractivity contribution in [3.8, 4) is 0 Å². The van der Waals surface area contributed by atoms with Gasteiger partial charge in [0.2, 0.25) is 15.9 Å². The van der Waals surface area contributed by atoms with Gasteiger partial charge >= 0.3 is 0 Å². The van der Waals surface area contributed by atoms with E-state index in [1.165, 1.54) is 23.6 Å². The monoisotopic (exact) mass is 366 g/mol. The summed E-state index contributed by atoms with van der Waals surface area (Å²) in [6.45, 7) is 3.56. The zero-order chi connectivity index (χ0) is 18.4. The fourth-order valence-corrected chi connectivity index (χ4v) is 4.66. The third-order valence-electron chi connectivity index (χ3n) is 4.80. The van der Waals surface area contributed by atoms with E-state index in [4.69, 9.17) is 0 Å². The van der Waals surface area contributed by atoms with Crippen molar-refractivity contribution in [2.45, 2.75) is 70.9 Å². The predicted molar refractivity (Wildman–Crippen MR) is 102 cm³/mol. The number of hydrogen-bond donors (Lipinski definition) is 1. The second-order valence-electron chi connectivity index (χ2n) is 7.12. The van der Waals surface area contributed by atoms with Crippen molar-refractivity contribution in [3.63, 3.8) is 0 Å². The normalized spacial score (nSPS) is 18.0. The topological polar surface area (TPSA) is 66.5 Å². The molecular formula is C19H30N2O3S. The lowest BCUT2D eigenvalue weighted by atomic mass is 9.96. The number of benzene rings is 1. The summed E-state index contributed by atoms with van der Waals surface area (Å²) in [6, 6.07) is 6.61. The van der Waals surface area contributed by atoms with E-state index < -0.39 is 16.1 Å². The molecule has 1 N–H and O–H groups in total. The highest BCUT2D eigenvalue weighted by Crippen LogP contribution is 2.23. The van der Waals surface area contributed by atoms with Crippen molar-refractivity contribution in [1.29, 1.82) is 0 Å². The Hall–Kier alpha value is -1.56. The van der Waals surface area contributed by atoms with Crippen LogP contribution in [0.25, 0.3) is 0 Å². The van der Waals surface area contributed by atoms with Crippen molar-refractivity contribution < 1.29 is 13.2 Å². The molecule has 0 heterocycles. The summed E-state index contributed by atoms with van der Waals surface area (Å²) < 4.78 is 25.9. The summed E-state index contributed by atoms with van der Waals surface area (Å²) in [5, 5.41) is 3.08. The van der Waals surface area contributed by atoms with Crippen LogP contribution in [-0.2, 0) is 14.8 Å². The van der Waals surface area contributed by atoms with Crippen LogP contribution in [0.1, 0.15) is 57.4 Å². The molecule has 25 heavy (non-hydrogen) atoms. The second kappa shape index (κ2) is 8.70. The Labute approximate surface area is 151 Å². The van der Waals surface area contributed by atoms with E-state index in [1.807, 2.05) is 19.1 Å². The molecule has 140 valence electrons. The van der Waals surface area contributed by atoms with E-state index in [1.54, 1.807) is 19.1 Å². The standard InChI is InChI=1S/C19H30N2O3S/c1-15-10-9-13-18(14-15)21(25(3,23)24)16(2)19(22)20-17-11-7-5-4-6-8-12-17/h9-10,13-14,16-17H,4-8,11-12H2,1-3H3,(H,20,22)/t16-/m1/s1. The first-order valence-corrected chi connectivity index (χ1v) is 11.0. The maximum atomic E-state index is 12.7. The molecule has 1 aliphatic carbocycles. The van der Waals surface area contributed by atoms with Crippen LogP contribution in [0.2, 0.25) is 0 Å². The average Bonchev–Trinajstić information content (AvgIpc) is 2.48. The van der Waals surface area contributed by atoms with Gasteiger partial charge in [-0.25, -0.2) is 8.42 Å². The van der Waals surface area contributed by atoms with Crippen molar-refractivity contribution in [1.82, 2.24) is 5.32 Å². The maximum Gasteiger partial charge on any atom is 0.243 e. The molecule has 0 radical (unpaired) electrons. The summed E-state index contributed by atoms with van der Waals surface area (Å²) in [6.07, 6.45) is 9.02. The number of rotatable bonds is 5. The van der Waals surface area contributed by atoms with Crippen molar-refractivity contribution >= 4 is 21.6 Å². The third kappa shape index (κ3) is 5.73. The van der Waals surface area contributed by atoms with Crippen LogP contribution in [0.4, 0.5) is 5.69 Å². The quantitative estimate of drug-likeness (QED) is 0.869. The Morgan fingerprint density at radius 3 is 2.32 bits per heavy atom. The van der Waals surface area contributed by atoms with Gasteiger partial charge in [0, 0.05) is 6.04 Å². The van der Waals surface area contributed by atoms with Crippen LogP contribution in [0.15, 0.2) is 24.3 Å². The molecule has 0 bridgehead atoms. The zero-order valence-electron chi connectivity index (χ0n) is 15.5. The molecule has 1 amide bonds. The van der Waals surface area contributed by atoms with Gasteiger partial charge in [0.25, 0.3) is 0 Å². The summed E-state index contributed by atoms with van der Waals surface area (Å²) in [5.41, 5.74) is 1.49. The Morgan fingerprint density at radius 1 is 1.16 bits per heavy atom. The average molecular weight is 367 g/mol. The first kappa shape index (κ1) is 19.8. The van der Waals surface area contributed by atoms with E-state index >= 15 is 0 Å². The van der Waals surface area contributed by atoms with Gasteiger partial charge in [0.1, 0.15) is 6.04 Å². The van der Waals surface area contributed by atoms with Gasteiger partial charge < -0.3 is 5.32 Å². The van der Waals surface area contributed by atoms with Gasteiger partial charge in [0.05, 0.1) is 11.9 Å². The second-order valence-corrected chi connectivity index (χ2v) is 8.98. The summed E-state index contributed by atoms with van der Waals surface area (Å²) in [4.78, 5) is 12.7. The number of hydrogen-bond acceptors (Lipinski definition) is 3. The number of nitrogens with one attached hydrogen (secondary N) is 1. The number of carbonyl (C=O) groups is 1. The van der Waals surface area contributed by atoms with Crippen LogP contribution in [0.5, 0.6) is 0 Å². The number of aryl methyl sites for hydroxylation is 1. The first-order valence-electron chi connectivity index (χ1n) is 9.15. The smallest absolute Gasteiger partial charge is 0.243 e. The number of carbonyl (C=O) groups excluding carboxylic acids is 1. The summed E-state index contributed by atoms with van der Waals surface area (Å²) in [7, 11) is -3.56. The Bertz CT molecular complexity index is 680. The maximum absolute atomic E-state index is 12.7. The number of amides is 1. The van der Waals surface area contributed by atoms with Crippen LogP contribution >= 0.6 is 0 Å². The van der Waals surface area contributed by atoms with Crippen molar-refractivity contribution in [2.75, 3.05) is 10.6 Å². The lowest BCUT2D eigenvalue weighted by Crippen LogP contribution is -2.50. The zero-order valence-corrected chi connectivity index (χ0v) is 16.3. The molecular weight excluding hydrogens is 336 g/mol. The SMILES string of the molecule is Cc1cccc(N([C@H](C)C(=O)NC2CCCCCCC2)S(C)(=O)=O)c1. The fraction of sp³-hybridized carbons (Fsp3) is 0.632. The van der Waals surface area contributed by atoms with Gasteiger partial charge in [-0.3, -0.25) is 9.10 Å². The van der Waals surface area contributed by atoms with Gasteiger partial charge in [-0.05, 0) is 44.4 Å². The Morgan fingerprint density at radius 2 is 1.76 bits per heavy atom. The van der Waals surface area contributed by atoms with Crippen LogP contribution in [-0.4, -0.2) is 32.7 Å². The molecule has 5 nitrogen and oxygen atoms in total. The predicted octanol–water partition coefficient (Wildman–Crippen LogP) is 3.38. The molecule has 1 atom stereocenters. The number of nitrogens with zero attached hydrogens (tertiary/aromatic N) is 1. The Kier molecular flexibility index (Phi) is 6.87. The largest absolute Gasteiger partial charge is 0.352 e. The van der Waals surface area contributed by atoms with Crippen molar-refractivity contribution in [2.24, 2.45) is 0 Å². The minimum absolute atomic E-state index is 0.147. The van der Waals surface area contributed by atoms with Gasteiger partial charge in [0.15, 0.2) is 0 Å². The van der Waals surface area contributed by atoms with Gasteiger partial charge in [-0.15, -0.1) is 0 Å². The molecule has 6 heteroatoms. The lowest BCUT2D eigenvalue weighted by molar-refractivity contribution is -0.122. The van der Waals surface area contributed by atoms with Gasteiger partial charge in [-0.1, -0.05) is 44.2 Å². The third-order valence-corrected chi connectivity index (χ3v) is 6.04. The highest BCUT2D eigenvalue weighted by atomic mass is 32.2. The summed E-state index contributed by atoms with van der Waals surface area (Å²) >= 11 is 0. The van der Waals surface area contributed by atoms with E-state index in [0.29, 0.717) is 5.69 Å². The van der Waals surface area contributed by atoms with Crippen molar-refractivity contribution in [3.05, 3.63) is 29.8 Å². The number of sulfonamides is 1. The number of anilines is 1. The van der Waals surface area contributed by atoms with Gasteiger partial charge in [-0.2, -0.15) is 0 Å². The van der Waals surface area contributed by atoms with Crippen LogP contribution < -0.4 is 9.62 Å². The van der Waals surface area contributed by atoms with E-state index in [9.17, 15) is 13.2 Å². The molecule has 0 aliphatic heterocycles. The molecule has 0 aromatic heterocycles. The van der Waals surface area contributed by atoms with E-state index in [0.717, 1.165) is 37.5 Å². The van der Waals surface area contributed by atoms with Crippen LogP contribution in [0.3, 0.4) is 0 Å².